The predicted molar refractivity (Wildman–Crippen MR) is 94.7 cm³/mol. The second kappa shape index (κ2) is 7.47. The molecule has 0 bridgehead atoms. The zero-order valence-electron chi connectivity index (χ0n) is 14.3. The zero-order valence-corrected chi connectivity index (χ0v) is 14.3. The van der Waals surface area contributed by atoms with Crippen LogP contribution in [0.25, 0.3) is 0 Å². The fourth-order valence-electron chi connectivity index (χ4n) is 3.29. The Morgan fingerprint density at radius 3 is 2.50 bits per heavy atom. The number of aromatic nitrogens is 1. The Hall–Kier alpha value is -2.36. The number of rotatable bonds is 4. The molecule has 1 fully saturated rings. The minimum Gasteiger partial charge on any atom is -0.439 e. The topological polar surface area (TPSA) is 51.2 Å². The Morgan fingerprint density at radius 2 is 1.88 bits per heavy atom. The van der Waals surface area contributed by atoms with Crippen molar-refractivity contribution < 1.29 is 9.53 Å². The van der Waals surface area contributed by atoms with Gasteiger partial charge < -0.3 is 10.1 Å². The van der Waals surface area contributed by atoms with E-state index in [-0.39, 0.29) is 5.91 Å². The lowest BCUT2D eigenvalue weighted by Gasteiger charge is -2.22. The number of nitrogens with one attached hydrogen (secondary N) is 1. The number of nitrogens with zero attached hydrogens (tertiary/aromatic N) is 1. The van der Waals surface area contributed by atoms with E-state index in [1.165, 1.54) is 43.9 Å². The first-order valence-corrected chi connectivity index (χ1v) is 8.64. The first-order chi connectivity index (χ1) is 11.7. The molecular weight excluding hydrogens is 300 g/mol. The summed E-state index contributed by atoms with van der Waals surface area (Å²) in [6, 6.07) is 10.1. The minimum absolute atomic E-state index is 0.144. The van der Waals surface area contributed by atoms with Crippen molar-refractivity contribution in [3.8, 4) is 11.6 Å². The number of benzene rings is 1. The van der Waals surface area contributed by atoms with Crippen LogP contribution in [0.2, 0.25) is 0 Å². The molecule has 126 valence electrons. The molecule has 1 N–H and O–H groups in total. The van der Waals surface area contributed by atoms with Gasteiger partial charge >= 0.3 is 0 Å². The number of hydrogen-bond acceptors (Lipinski definition) is 3. The van der Waals surface area contributed by atoms with E-state index in [1.807, 2.05) is 19.1 Å². The summed E-state index contributed by atoms with van der Waals surface area (Å²) in [4.78, 5) is 15.9. The summed E-state index contributed by atoms with van der Waals surface area (Å²) in [5.41, 5.74) is 2.78. The number of hydrogen-bond donors (Lipinski definition) is 1. The molecule has 2 aromatic rings. The van der Waals surface area contributed by atoms with E-state index in [0.717, 1.165) is 11.3 Å². The Balaban J connectivity index is 1.70. The molecule has 0 radical (unpaired) electrons. The molecule has 1 aliphatic carbocycles. The van der Waals surface area contributed by atoms with Gasteiger partial charge in [0.2, 0.25) is 5.88 Å². The molecule has 0 atom stereocenters. The van der Waals surface area contributed by atoms with Crippen LogP contribution in [0.15, 0.2) is 36.5 Å². The van der Waals surface area contributed by atoms with Crippen molar-refractivity contribution in [2.24, 2.45) is 0 Å². The molecular formula is C20H24N2O2. The number of pyridine rings is 1. The zero-order chi connectivity index (χ0) is 16.9. The lowest BCUT2D eigenvalue weighted by molar-refractivity contribution is 0.0962. The van der Waals surface area contributed by atoms with E-state index < -0.39 is 0 Å². The van der Waals surface area contributed by atoms with Gasteiger partial charge in [0.1, 0.15) is 5.75 Å². The SMILES string of the molecule is CNC(=O)c1cnc(Oc2ccc(C3CCCCC3)cc2)c(C)c1. The van der Waals surface area contributed by atoms with Crippen LogP contribution in [-0.2, 0) is 0 Å². The van der Waals surface area contributed by atoms with E-state index in [9.17, 15) is 4.79 Å². The molecule has 3 rings (SSSR count). The third kappa shape index (κ3) is 3.75. The van der Waals surface area contributed by atoms with Crippen molar-refractivity contribution in [2.75, 3.05) is 7.05 Å². The number of amides is 1. The highest BCUT2D eigenvalue weighted by Gasteiger charge is 2.15. The molecule has 4 heteroatoms. The van der Waals surface area contributed by atoms with Crippen molar-refractivity contribution in [1.82, 2.24) is 10.3 Å². The number of aryl methyl sites for hydroxylation is 1. The summed E-state index contributed by atoms with van der Waals surface area (Å²) in [6.45, 7) is 1.89. The second-order valence-corrected chi connectivity index (χ2v) is 6.43. The smallest absolute Gasteiger partial charge is 0.252 e. The van der Waals surface area contributed by atoms with Gasteiger partial charge in [-0.05, 0) is 49.4 Å². The Morgan fingerprint density at radius 1 is 1.17 bits per heavy atom. The molecule has 0 saturated heterocycles. The minimum atomic E-state index is -0.144. The maximum Gasteiger partial charge on any atom is 0.252 e. The van der Waals surface area contributed by atoms with E-state index in [0.29, 0.717) is 17.4 Å². The number of carbonyl (C=O) groups is 1. The van der Waals surface area contributed by atoms with E-state index in [1.54, 1.807) is 13.1 Å². The third-order valence-corrected chi connectivity index (χ3v) is 4.69. The van der Waals surface area contributed by atoms with Gasteiger partial charge in [-0.15, -0.1) is 0 Å². The van der Waals surface area contributed by atoms with Crippen molar-refractivity contribution in [3.05, 3.63) is 53.2 Å². The maximum absolute atomic E-state index is 11.6. The number of carbonyl (C=O) groups excluding carboxylic acids is 1. The van der Waals surface area contributed by atoms with Crippen molar-refractivity contribution in [3.63, 3.8) is 0 Å². The Labute approximate surface area is 143 Å². The molecule has 1 aromatic carbocycles. The second-order valence-electron chi connectivity index (χ2n) is 6.43. The van der Waals surface area contributed by atoms with Crippen LogP contribution in [0, 0.1) is 6.92 Å². The van der Waals surface area contributed by atoms with Crippen LogP contribution in [0.1, 0.15) is 59.5 Å². The van der Waals surface area contributed by atoms with Crippen LogP contribution < -0.4 is 10.1 Å². The van der Waals surface area contributed by atoms with Crippen molar-refractivity contribution in [2.45, 2.75) is 44.9 Å². The largest absolute Gasteiger partial charge is 0.439 e. The summed E-state index contributed by atoms with van der Waals surface area (Å²) in [6.07, 6.45) is 8.17. The van der Waals surface area contributed by atoms with E-state index in [4.69, 9.17) is 4.74 Å². The first-order valence-electron chi connectivity index (χ1n) is 8.64. The fraction of sp³-hybridized carbons (Fsp3) is 0.400. The molecule has 1 aromatic heterocycles. The average Bonchev–Trinajstić information content (AvgIpc) is 2.64. The normalized spacial score (nSPS) is 15.1. The predicted octanol–water partition coefficient (Wildman–Crippen LogP) is 4.59. The van der Waals surface area contributed by atoms with Gasteiger partial charge in [-0.25, -0.2) is 4.98 Å². The van der Waals surface area contributed by atoms with E-state index >= 15 is 0 Å². The standard InChI is InChI=1S/C20H24N2O2/c1-14-12-17(19(23)21-2)13-22-20(14)24-18-10-8-16(9-11-18)15-6-4-3-5-7-15/h8-13,15H,3-7H2,1-2H3,(H,21,23). The average molecular weight is 324 g/mol. The molecule has 1 heterocycles. The van der Waals surface area contributed by atoms with Gasteiger partial charge in [0.25, 0.3) is 5.91 Å². The summed E-state index contributed by atoms with van der Waals surface area (Å²) in [5.74, 6) is 1.86. The van der Waals surface area contributed by atoms with Crippen molar-refractivity contribution >= 4 is 5.91 Å². The van der Waals surface area contributed by atoms with Crippen LogP contribution in [-0.4, -0.2) is 17.9 Å². The lowest BCUT2D eigenvalue weighted by atomic mass is 9.84. The maximum atomic E-state index is 11.6. The number of ether oxygens (including phenoxy) is 1. The molecule has 1 aliphatic rings. The van der Waals surface area contributed by atoms with Crippen LogP contribution in [0.4, 0.5) is 0 Å². The molecule has 0 spiro atoms. The van der Waals surface area contributed by atoms with Gasteiger partial charge in [-0.1, -0.05) is 31.4 Å². The lowest BCUT2D eigenvalue weighted by Crippen LogP contribution is -2.18. The Bertz CT molecular complexity index is 704. The van der Waals surface area contributed by atoms with Gasteiger partial charge in [0.05, 0.1) is 5.56 Å². The highest BCUT2D eigenvalue weighted by atomic mass is 16.5. The molecule has 0 aliphatic heterocycles. The van der Waals surface area contributed by atoms with E-state index in [2.05, 4.69) is 22.4 Å². The Kier molecular flexibility index (Phi) is 5.14. The third-order valence-electron chi connectivity index (χ3n) is 4.69. The fourth-order valence-corrected chi connectivity index (χ4v) is 3.29. The first kappa shape index (κ1) is 16.5. The molecule has 0 unspecified atom stereocenters. The monoisotopic (exact) mass is 324 g/mol. The van der Waals surface area contributed by atoms with Crippen LogP contribution in [0.5, 0.6) is 11.6 Å². The van der Waals surface area contributed by atoms with Gasteiger partial charge in [0.15, 0.2) is 0 Å². The molecule has 4 nitrogen and oxygen atoms in total. The summed E-state index contributed by atoms with van der Waals surface area (Å²) in [7, 11) is 1.61. The highest BCUT2D eigenvalue weighted by molar-refractivity contribution is 5.93. The van der Waals surface area contributed by atoms with Gasteiger partial charge in [0, 0.05) is 18.8 Å². The van der Waals surface area contributed by atoms with Crippen LogP contribution in [0.3, 0.4) is 0 Å². The highest BCUT2D eigenvalue weighted by Crippen LogP contribution is 2.33. The summed E-state index contributed by atoms with van der Waals surface area (Å²) >= 11 is 0. The summed E-state index contributed by atoms with van der Waals surface area (Å²) in [5, 5.41) is 2.60. The van der Waals surface area contributed by atoms with Crippen LogP contribution >= 0.6 is 0 Å². The van der Waals surface area contributed by atoms with Crippen molar-refractivity contribution in [1.29, 1.82) is 0 Å². The summed E-state index contributed by atoms with van der Waals surface area (Å²) < 4.78 is 5.88. The molecule has 1 saturated carbocycles. The quantitative estimate of drug-likeness (QED) is 0.895. The van der Waals surface area contributed by atoms with Gasteiger partial charge in [-0.2, -0.15) is 0 Å². The molecule has 24 heavy (non-hydrogen) atoms. The van der Waals surface area contributed by atoms with Gasteiger partial charge in [-0.3, -0.25) is 4.79 Å². The molecule has 1 amide bonds.